The van der Waals surface area contributed by atoms with E-state index in [9.17, 15) is 18.0 Å². The number of methoxy groups -OCH3 is 1. The number of sulfonamides is 1. The first-order chi connectivity index (χ1) is 15.3. The summed E-state index contributed by atoms with van der Waals surface area (Å²) in [7, 11) is -2.52. The second kappa shape index (κ2) is 10.1. The van der Waals surface area contributed by atoms with Crippen molar-refractivity contribution in [2.75, 3.05) is 20.2 Å². The molecule has 9 heteroatoms. The summed E-state index contributed by atoms with van der Waals surface area (Å²) in [6, 6.07) is 12.9. The first-order valence-electron chi connectivity index (χ1n) is 10.6. The van der Waals surface area contributed by atoms with E-state index in [1.807, 2.05) is 0 Å². The molecule has 8 nitrogen and oxygen atoms in total. The summed E-state index contributed by atoms with van der Waals surface area (Å²) in [4.78, 5) is 25.6. The summed E-state index contributed by atoms with van der Waals surface area (Å²) >= 11 is 0. The first kappa shape index (κ1) is 23.7. The maximum Gasteiger partial charge on any atom is 0.339 e. The molecule has 0 aliphatic heterocycles. The van der Waals surface area contributed by atoms with Gasteiger partial charge in [0.15, 0.2) is 0 Å². The predicted octanol–water partition coefficient (Wildman–Crippen LogP) is 2.90. The van der Waals surface area contributed by atoms with Gasteiger partial charge in [0.1, 0.15) is 10.6 Å². The number of hydrogen-bond acceptors (Lipinski definition) is 6. The molecular weight excluding hydrogens is 432 g/mol. The van der Waals surface area contributed by atoms with E-state index in [-0.39, 0.29) is 35.3 Å². The van der Waals surface area contributed by atoms with Crippen LogP contribution in [0.1, 0.15) is 48.7 Å². The van der Waals surface area contributed by atoms with Gasteiger partial charge in [-0.2, -0.15) is 4.31 Å². The van der Waals surface area contributed by atoms with Crippen LogP contribution in [-0.4, -0.2) is 50.8 Å². The monoisotopic (exact) mass is 460 g/mol. The molecule has 0 spiro atoms. The zero-order chi connectivity index (χ0) is 23.3. The fourth-order valence-electron chi connectivity index (χ4n) is 3.29. The van der Waals surface area contributed by atoms with E-state index in [4.69, 9.17) is 9.47 Å². The van der Waals surface area contributed by atoms with Crippen molar-refractivity contribution in [3.63, 3.8) is 0 Å². The van der Waals surface area contributed by atoms with E-state index in [0.717, 1.165) is 12.8 Å². The summed E-state index contributed by atoms with van der Waals surface area (Å²) in [5.74, 6) is -1.08. The Labute approximate surface area is 188 Å². The molecule has 0 saturated heterocycles. The molecule has 0 aromatic heterocycles. The Bertz CT molecular complexity index is 1060. The number of ether oxygens (including phenoxy) is 2. The van der Waals surface area contributed by atoms with Crippen LogP contribution in [0.4, 0.5) is 0 Å². The van der Waals surface area contributed by atoms with Gasteiger partial charge in [0.25, 0.3) is 5.91 Å². The Morgan fingerprint density at radius 3 is 2.31 bits per heavy atom. The van der Waals surface area contributed by atoms with Crippen LogP contribution in [-0.2, 0) is 19.6 Å². The molecular formula is C23H28N2O6S. The summed E-state index contributed by atoms with van der Waals surface area (Å²) in [6.45, 7) is 4.01. The third-order valence-corrected chi connectivity index (χ3v) is 7.28. The van der Waals surface area contributed by atoms with Crippen molar-refractivity contribution in [1.29, 1.82) is 0 Å². The molecule has 2 aromatic carbocycles. The van der Waals surface area contributed by atoms with Gasteiger partial charge in [-0.15, -0.1) is 0 Å². The average Bonchev–Trinajstić information content (AvgIpc) is 3.62. The smallest absolute Gasteiger partial charge is 0.339 e. The first-order valence-corrected chi connectivity index (χ1v) is 12.0. The summed E-state index contributed by atoms with van der Waals surface area (Å²) in [5, 5.41) is 2.85. The van der Waals surface area contributed by atoms with E-state index >= 15 is 0 Å². The van der Waals surface area contributed by atoms with E-state index < -0.39 is 28.0 Å². The van der Waals surface area contributed by atoms with Gasteiger partial charge in [-0.05, 0) is 31.0 Å². The maximum atomic E-state index is 13.1. The predicted molar refractivity (Wildman–Crippen MR) is 119 cm³/mol. The van der Waals surface area contributed by atoms with Crippen LogP contribution in [0.3, 0.4) is 0 Å². The lowest BCUT2D eigenvalue weighted by Gasteiger charge is -2.21. The molecule has 0 bridgehead atoms. The zero-order valence-corrected chi connectivity index (χ0v) is 19.2. The molecule has 1 N–H and O–H groups in total. The van der Waals surface area contributed by atoms with Gasteiger partial charge >= 0.3 is 5.97 Å². The quantitative estimate of drug-likeness (QED) is 0.547. The van der Waals surface area contributed by atoms with Crippen LogP contribution in [0.2, 0.25) is 0 Å². The molecule has 1 aliphatic rings. The largest absolute Gasteiger partial charge is 0.495 e. The Kier molecular flexibility index (Phi) is 7.52. The van der Waals surface area contributed by atoms with E-state index in [0.29, 0.717) is 5.56 Å². The summed E-state index contributed by atoms with van der Waals surface area (Å²) < 4.78 is 38.2. The summed E-state index contributed by atoms with van der Waals surface area (Å²) in [5.41, 5.74) is 0.542. The minimum absolute atomic E-state index is 0.0108. The van der Waals surface area contributed by atoms with Gasteiger partial charge in [0.05, 0.1) is 12.7 Å². The molecule has 0 heterocycles. The molecule has 1 fully saturated rings. The fourth-order valence-corrected chi connectivity index (χ4v) is 4.93. The second-order valence-corrected chi connectivity index (χ2v) is 9.34. The van der Waals surface area contributed by atoms with E-state index in [1.54, 1.807) is 44.2 Å². The van der Waals surface area contributed by atoms with Crippen LogP contribution in [0.25, 0.3) is 0 Å². The number of carbonyl (C=O) groups excluding carboxylic acids is 2. The number of hydrogen-bond donors (Lipinski definition) is 1. The molecule has 1 saturated carbocycles. The molecule has 32 heavy (non-hydrogen) atoms. The number of nitrogens with one attached hydrogen (secondary N) is 1. The lowest BCUT2D eigenvalue weighted by atomic mass is 10.1. The van der Waals surface area contributed by atoms with Gasteiger partial charge < -0.3 is 14.8 Å². The normalized spacial score (nSPS) is 14.6. The van der Waals surface area contributed by atoms with Crippen molar-refractivity contribution in [1.82, 2.24) is 9.62 Å². The Morgan fingerprint density at radius 2 is 1.75 bits per heavy atom. The summed E-state index contributed by atoms with van der Waals surface area (Å²) in [6.07, 6.45) is 0.646. The number of benzene rings is 2. The number of nitrogens with zero attached hydrogens (tertiary/aromatic N) is 1. The Hall–Kier alpha value is -2.91. The Morgan fingerprint density at radius 1 is 1.09 bits per heavy atom. The average molecular weight is 461 g/mol. The lowest BCUT2D eigenvalue weighted by Crippen LogP contribution is -2.33. The van der Waals surface area contributed by atoms with Crippen LogP contribution in [0.5, 0.6) is 5.75 Å². The molecule has 172 valence electrons. The highest BCUT2D eigenvalue weighted by Crippen LogP contribution is 2.29. The molecule has 1 aliphatic carbocycles. The zero-order valence-electron chi connectivity index (χ0n) is 18.4. The van der Waals surface area contributed by atoms with Gasteiger partial charge in [-0.25, -0.2) is 13.2 Å². The Balaban J connectivity index is 1.92. The third-order valence-electron chi connectivity index (χ3n) is 5.21. The lowest BCUT2D eigenvalue weighted by molar-refractivity contribution is -0.130. The molecule has 3 rings (SSSR count). The molecule has 0 radical (unpaired) electrons. The standard InChI is InChI=1S/C23H28N2O6S/c1-4-25(5-2)32(28,29)20-15-17(11-14-19(20)30-3)23(27)31-21(16-9-7-6-8-10-16)22(26)24-18-12-13-18/h6-11,14-15,18,21H,4-5,12-13H2,1-3H3,(H,24,26). The minimum Gasteiger partial charge on any atom is -0.495 e. The number of carbonyl (C=O) groups is 2. The highest BCUT2D eigenvalue weighted by Gasteiger charge is 2.32. The minimum atomic E-state index is -3.88. The maximum absolute atomic E-state index is 13.1. The van der Waals surface area contributed by atoms with Crippen LogP contribution in [0, 0.1) is 0 Å². The third kappa shape index (κ3) is 5.28. The van der Waals surface area contributed by atoms with Crippen molar-refractivity contribution in [3.05, 3.63) is 59.7 Å². The van der Waals surface area contributed by atoms with Crippen molar-refractivity contribution >= 4 is 21.9 Å². The van der Waals surface area contributed by atoms with Crippen molar-refractivity contribution in [3.8, 4) is 5.75 Å². The number of amides is 1. The highest BCUT2D eigenvalue weighted by atomic mass is 32.2. The van der Waals surface area contributed by atoms with E-state index in [1.165, 1.54) is 29.6 Å². The van der Waals surface area contributed by atoms with Crippen LogP contribution >= 0.6 is 0 Å². The van der Waals surface area contributed by atoms with E-state index in [2.05, 4.69) is 5.32 Å². The number of esters is 1. The molecule has 1 unspecified atom stereocenters. The van der Waals surface area contributed by atoms with Crippen molar-refractivity contribution < 1.29 is 27.5 Å². The molecule has 2 aromatic rings. The van der Waals surface area contributed by atoms with Crippen LogP contribution < -0.4 is 10.1 Å². The van der Waals surface area contributed by atoms with Gasteiger partial charge in [0.2, 0.25) is 16.1 Å². The van der Waals surface area contributed by atoms with Crippen LogP contribution in [0.15, 0.2) is 53.4 Å². The van der Waals surface area contributed by atoms with Gasteiger partial charge in [0, 0.05) is 24.7 Å². The topological polar surface area (TPSA) is 102 Å². The number of rotatable bonds is 10. The molecule has 1 atom stereocenters. The van der Waals surface area contributed by atoms with Crippen molar-refractivity contribution in [2.45, 2.75) is 43.7 Å². The second-order valence-electron chi connectivity index (χ2n) is 7.43. The van der Waals surface area contributed by atoms with Gasteiger partial charge in [-0.1, -0.05) is 44.2 Å². The van der Waals surface area contributed by atoms with Gasteiger partial charge in [-0.3, -0.25) is 4.79 Å². The SMILES string of the molecule is CCN(CC)S(=O)(=O)c1cc(C(=O)OC(C(=O)NC2CC2)c2ccccc2)ccc1OC. The van der Waals surface area contributed by atoms with Crippen molar-refractivity contribution in [2.24, 2.45) is 0 Å². The fraction of sp³-hybridized carbons (Fsp3) is 0.391. The molecule has 1 amide bonds. The highest BCUT2D eigenvalue weighted by molar-refractivity contribution is 7.89.